The molecule has 0 saturated carbocycles. The summed E-state index contributed by atoms with van der Waals surface area (Å²) >= 11 is 0. The van der Waals surface area contributed by atoms with Gasteiger partial charge in [0, 0.05) is 19.6 Å². The minimum Gasteiger partial charge on any atom is -0.374 e. The van der Waals surface area contributed by atoms with Crippen molar-refractivity contribution < 1.29 is 9.47 Å². The van der Waals surface area contributed by atoms with Gasteiger partial charge in [0.15, 0.2) is 0 Å². The summed E-state index contributed by atoms with van der Waals surface area (Å²) in [6, 6.07) is 0. The lowest BCUT2D eigenvalue weighted by Crippen LogP contribution is -2.42. The molecule has 0 radical (unpaired) electrons. The van der Waals surface area contributed by atoms with Gasteiger partial charge in [0.2, 0.25) is 0 Å². The van der Waals surface area contributed by atoms with Gasteiger partial charge in [-0.3, -0.25) is 4.90 Å². The molecule has 3 heteroatoms. The van der Waals surface area contributed by atoms with Gasteiger partial charge in [-0.25, -0.2) is 0 Å². The van der Waals surface area contributed by atoms with Crippen LogP contribution < -0.4 is 0 Å². The molecule has 64 valence electrons. The molecule has 2 unspecified atom stereocenters. The Bertz CT molecular complexity index is 138. The molecule has 0 aromatic rings. The highest BCUT2D eigenvalue weighted by atomic mass is 16.5. The lowest BCUT2D eigenvalue weighted by Gasteiger charge is -2.29. The van der Waals surface area contributed by atoms with E-state index in [0.717, 1.165) is 32.8 Å². The highest BCUT2D eigenvalue weighted by molar-refractivity contribution is 4.76. The predicted octanol–water partition coefficient (Wildman–Crippen LogP) is 0.106. The van der Waals surface area contributed by atoms with Crippen LogP contribution in [0.1, 0.15) is 6.92 Å². The van der Waals surface area contributed by atoms with Crippen molar-refractivity contribution in [2.75, 3.05) is 32.8 Å². The molecule has 2 heterocycles. The first-order valence-electron chi connectivity index (χ1n) is 4.30. The van der Waals surface area contributed by atoms with Crippen LogP contribution in [0.15, 0.2) is 0 Å². The van der Waals surface area contributed by atoms with Crippen LogP contribution in [0.25, 0.3) is 0 Å². The minimum atomic E-state index is 0.327. The van der Waals surface area contributed by atoms with Crippen molar-refractivity contribution >= 4 is 0 Å². The average Bonchev–Trinajstić information content (AvgIpc) is 2.12. The predicted molar refractivity (Wildman–Crippen MR) is 41.6 cm³/mol. The summed E-state index contributed by atoms with van der Waals surface area (Å²) in [6.45, 7) is 6.98. The molecule has 2 bridgehead atoms. The Balaban J connectivity index is 1.98. The van der Waals surface area contributed by atoms with Crippen molar-refractivity contribution in [3.05, 3.63) is 0 Å². The Hall–Kier alpha value is -0.120. The van der Waals surface area contributed by atoms with E-state index in [4.69, 9.17) is 9.47 Å². The second-order valence-electron chi connectivity index (χ2n) is 3.40. The molecule has 11 heavy (non-hydrogen) atoms. The van der Waals surface area contributed by atoms with E-state index in [1.807, 2.05) is 0 Å². The standard InChI is InChI=1S/C8H15NO2/c1-7-4-9-2-3-10-8(5-9)6-11-7/h7-8H,2-6H2,1H3/t7?,8-/m0/s1. The quantitative estimate of drug-likeness (QED) is 0.498. The van der Waals surface area contributed by atoms with Crippen LogP contribution >= 0.6 is 0 Å². The summed E-state index contributed by atoms with van der Waals surface area (Å²) in [7, 11) is 0. The van der Waals surface area contributed by atoms with E-state index in [1.165, 1.54) is 0 Å². The van der Waals surface area contributed by atoms with Crippen LogP contribution in [0.5, 0.6) is 0 Å². The SMILES string of the molecule is CC1CN2CCO[C@H](CO1)C2. The first-order chi connectivity index (χ1) is 5.34. The lowest BCUT2D eigenvalue weighted by molar-refractivity contribution is -0.0419. The van der Waals surface area contributed by atoms with E-state index < -0.39 is 0 Å². The van der Waals surface area contributed by atoms with Gasteiger partial charge < -0.3 is 9.47 Å². The van der Waals surface area contributed by atoms with Gasteiger partial charge in [0.25, 0.3) is 0 Å². The maximum absolute atomic E-state index is 5.55. The number of morpholine rings is 1. The number of rotatable bonds is 0. The Morgan fingerprint density at radius 2 is 2.18 bits per heavy atom. The largest absolute Gasteiger partial charge is 0.374 e. The number of fused-ring (bicyclic) bond motifs is 2. The zero-order valence-corrected chi connectivity index (χ0v) is 6.95. The summed E-state index contributed by atoms with van der Waals surface area (Å²) in [6.07, 6.45) is 0.704. The number of hydrogen-bond acceptors (Lipinski definition) is 3. The number of nitrogens with zero attached hydrogens (tertiary/aromatic N) is 1. The van der Waals surface area contributed by atoms with Crippen LogP contribution in [0.4, 0.5) is 0 Å². The van der Waals surface area contributed by atoms with Gasteiger partial charge in [-0.2, -0.15) is 0 Å². The summed E-state index contributed by atoms with van der Waals surface area (Å²) < 4.78 is 11.1. The Morgan fingerprint density at radius 3 is 3.09 bits per heavy atom. The van der Waals surface area contributed by atoms with Crippen molar-refractivity contribution in [2.45, 2.75) is 19.1 Å². The topological polar surface area (TPSA) is 21.7 Å². The molecular formula is C8H15NO2. The monoisotopic (exact) mass is 157 g/mol. The fourth-order valence-electron chi connectivity index (χ4n) is 1.73. The van der Waals surface area contributed by atoms with Gasteiger partial charge in [-0.1, -0.05) is 0 Å². The molecule has 0 aliphatic carbocycles. The summed E-state index contributed by atoms with van der Waals surface area (Å²) in [4.78, 5) is 2.42. The summed E-state index contributed by atoms with van der Waals surface area (Å²) in [5.74, 6) is 0. The Kier molecular flexibility index (Phi) is 2.11. The first-order valence-corrected chi connectivity index (χ1v) is 4.30. The van der Waals surface area contributed by atoms with Crippen LogP contribution in [-0.4, -0.2) is 50.0 Å². The van der Waals surface area contributed by atoms with Gasteiger partial charge in [-0.15, -0.1) is 0 Å². The summed E-state index contributed by atoms with van der Waals surface area (Å²) in [5.41, 5.74) is 0. The molecule has 2 aliphatic heterocycles. The molecule has 3 atom stereocenters. The van der Waals surface area contributed by atoms with Crippen LogP contribution in [0.3, 0.4) is 0 Å². The molecule has 2 aliphatic rings. The van der Waals surface area contributed by atoms with Gasteiger partial charge in [-0.05, 0) is 6.92 Å². The molecule has 0 N–H and O–H groups in total. The second-order valence-corrected chi connectivity index (χ2v) is 3.40. The number of hydrogen-bond donors (Lipinski definition) is 0. The highest BCUT2D eigenvalue weighted by Crippen LogP contribution is 2.12. The molecular weight excluding hydrogens is 142 g/mol. The van der Waals surface area contributed by atoms with Crippen molar-refractivity contribution in [3.63, 3.8) is 0 Å². The molecule has 2 rings (SSSR count). The maximum Gasteiger partial charge on any atom is 0.0935 e. The molecule has 0 spiro atoms. The molecule has 0 amide bonds. The van der Waals surface area contributed by atoms with E-state index in [0.29, 0.717) is 12.2 Å². The van der Waals surface area contributed by atoms with E-state index >= 15 is 0 Å². The third-order valence-corrected chi connectivity index (χ3v) is 2.30. The van der Waals surface area contributed by atoms with Crippen molar-refractivity contribution in [2.24, 2.45) is 0 Å². The van der Waals surface area contributed by atoms with Crippen LogP contribution in [0, 0.1) is 0 Å². The zero-order chi connectivity index (χ0) is 7.68. The normalized spacial score (nSPS) is 45.0. The van der Waals surface area contributed by atoms with Gasteiger partial charge in [0.1, 0.15) is 0 Å². The van der Waals surface area contributed by atoms with E-state index in [-0.39, 0.29) is 0 Å². The van der Waals surface area contributed by atoms with E-state index in [2.05, 4.69) is 11.8 Å². The third kappa shape index (κ3) is 1.72. The van der Waals surface area contributed by atoms with Gasteiger partial charge >= 0.3 is 0 Å². The van der Waals surface area contributed by atoms with Crippen LogP contribution in [-0.2, 0) is 9.47 Å². The minimum absolute atomic E-state index is 0.327. The highest BCUT2D eigenvalue weighted by Gasteiger charge is 2.25. The second kappa shape index (κ2) is 3.09. The average molecular weight is 157 g/mol. The van der Waals surface area contributed by atoms with Crippen molar-refractivity contribution in [1.29, 1.82) is 0 Å². The molecule has 0 aromatic heterocycles. The smallest absolute Gasteiger partial charge is 0.0935 e. The third-order valence-electron chi connectivity index (χ3n) is 2.30. The molecule has 2 fully saturated rings. The van der Waals surface area contributed by atoms with Crippen molar-refractivity contribution in [1.82, 2.24) is 4.90 Å². The Labute approximate surface area is 67.3 Å². The van der Waals surface area contributed by atoms with E-state index in [1.54, 1.807) is 0 Å². The zero-order valence-electron chi connectivity index (χ0n) is 6.95. The molecule has 3 nitrogen and oxygen atoms in total. The molecule has 2 saturated heterocycles. The van der Waals surface area contributed by atoms with E-state index in [9.17, 15) is 0 Å². The summed E-state index contributed by atoms with van der Waals surface area (Å²) in [5, 5.41) is 0. The van der Waals surface area contributed by atoms with Gasteiger partial charge in [0.05, 0.1) is 25.4 Å². The lowest BCUT2D eigenvalue weighted by atomic mass is 10.3. The molecule has 0 aromatic carbocycles. The fourth-order valence-corrected chi connectivity index (χ4v) is 1.73. The van der Waals surface area contributed by atoms with Crippen molar-refractivity contribution in [3.8, 4) is 0 Å². The van der Waals surface area contributed by atoms with Crippen LogP contribution in [0.2, 0.25) is 0 Å². The first kappa shape index (κ1) is 7.53. The number of ether oxygens (including phenoxy) is 2. The maximum atomic E-state index is 5.55. The fraction of sp³-hybridized carbons (Fsp3) is 1.00. The Morgan fingerprint density at radius 1 is 1.27 bits per heavy atom.